The van der Waals surface area contributed by atoms with Crippen molar-refractivity contribution in [3.63, 3.8) is 0 Å². The third-order valence-corrected chi connectivity index (χ3v) is 4.19. The van der Waals surface area contributed by atoms with Gasteiger partial charge in [-0.05, 0) is 24.1 Å². The third-order valence-electron chi connectivity index (χ3n) is 4.19. The van der Waals surface area contributed by atoms with E-state index in [1.165, 1.54) is 12.7 Å². The van der Waals surface area contributed by atoms with Gasteiger partial charge in [-0.25, -0.2) is 9.69 Å². The second-order valence-electron chi connectivity index (χ2n) is 6.60. The maximum Gasteiger partial charge on any atom is 0.325 e. The number of esters is 1. The maximum absolute atomic E-state index is 12.3. The molecule has 1 saturated heterocycles. The highest BCUT2D eigenvalue weighted by molar-refractivity contribution is 6.05. The van der Waals surface area contributed by atoms with E-state index >= 15 is 0 Å². The third kappa shape index (κ3) is 4.79. The summed E-state index contributed by atoms with van der Waals surface area (Å²) in [5.41, 5.74) is 2.37. The van der Waals surface area contributed by atoms with Crippen molar-refractivity contribution in [3.05, 3.63) is 35.4 Å². The van der Waals surface area contributed by atoms with Crippen LogP contribution in [0, 0.1) is 0 Å². The van der Waals surface area contributed by atoms with Crippen LogP contribution in [0.25, 0.3) is 0 Å². The molecule has 0 aliphatic carbocycles. The van der Waals surface area contributed by atoms with Gasteiger partial charge in [-0.3, -0.25) is 14.5 Å². The standard InChI is InChI=1S/C18H25N3O4/c1-12(2)14-7-5-13(6-8-14)10-20(3)11-21-17(23)15(19-18(21)24)9-16(22)25-4/h5-8,12,15H,9-11H2,1-4H3,(H,19,24). The zero-order valence-corrected chi connectivity index (χ0v) is 15.1. The van der Waals surface area contributed by atoms with Crippen LogP contribution in [0.2, 0.25) is 0 Å². The zero-order valence-electron chi connectivity index (χ0n) is 15.1. The first-order valence-electron chi connectivity index (χ1n) is 8.28. The summed E-state index contributed by atoms with van der Waals surface area (Å²) < 4.78 is 4.55. The van der Waals surface area contributed by atoms with Crippen molar-refractivity contribution in [2.45, 2.75) is 38.8 Å². The highest BCUT2D eigenvalue weighted by Gasteiger charge is 2.39. The van der Waals surface area contributed by atoms with Gasteiger partial charge in [0.2, 0.25) is 0 Å². The molecule has 7 heteroatoms. The number of rotatable bonds is 7. The fourth-order valence-corrected chi connectivity index (χ4v) is 2.71. The Morgan fingerprint density at radius 3 is 2.48 bits per heavy atom. The molecule has 1 fully saturated rings. The number of benzene rings is 1. The molecular weight excluding hydrogens is 322 g/mol. The van der Waals surface area contributed by atoms with Crippen LogP contribution in [0.15, 0.2) is 24.3 Å². The van der Waals surface area contributed by atoms with E-state index in [9.17, 15) is 14.4 Å². The summed E-state index contributed by atoms with van der Waals surface area (Å²) in [6.07, 6.45) is -0.155. The Balaban J connectivity index is 1.93. The summed E-state index contributed by atoms with van der Waals surface area (Å²) in [5.74, 6) is -0.457. The molecule has 0 aromatic heterocycles. The lowest BCUT2D eigenvalue weighted by Gasteiger charge is -2.22. The summed E-state index contributed by atoms with van der Waals surface area (Å²) in [5, 5.41) is 2.52. The monoisotopic (exact) mass is 347 g/mol. The fourth-order valence-electron chi connectivity index (χ4n) is 2.71. The SMILES string of the molecule is COC(=O)CC1NC(=O)N(CN(C)Cc2ccc(C(C)C)cc2)C1=O. The molecule has 1 N–H and O–H groups in total. The van der Waals surface area contributed by atoms with E-state index < -0.39 is 23.9 Å². The molecule has 0 saturated carbocycles. The number of hydrogen-bond acceptors (Lipinski definition) is 5. The van der Waals surface area contributed by atoms with Gasteiger partial charge in [-0.15, -0.1) is 0 Å². The highest BCUT2D eigenvalue weighted by Crippen LogP contribution is 2.16. The van der Waals surface area contributed by atoms with Crippen LogP contribution in [0.5, 0.6) is 0 Å². The van der Waals surface area contributed by atoms with E-state index in [-0.39, 0.29) is 13.1 Å². The molecule has 1 aromatic carbocycles. The number of hydrogen-bond donors (Lipinski definition) is 1. The summed E-state index contributed by atoms with van der Waals surface area (Å²) >= 11 is 0. The largest absolute Gasteiger partial charge is 0.469 e. The van der Waals surface area contributed by atoms with Crippen molar-refractivity contribution in [2.24, 2.45) is 0 Å². The first kappa shape index (κ1) is 18.9. The lowest BCUT2D eigenvalue weighted by Crippen LogP contribution is -2.40. The second-order valence-corrected chi connectivity index (χ2v) is 6.60. The van der Waals surface area contributed by atoms with Gasteiger partial charge in [0.15, 0.2) is 0 Å². The number of urea groups is 1. The highest BCUT2D eigenvalue weighted by atomic mass is 16.5. The summed E-state index contributed by atoms with van der Waals surface area (Å²) in [6.45, 7) is 5.05. The lowest BCUT2D eigenvalue weighted by atomic mass is 10.0. The molecule has 0 radical (unpaired) electrons. The van der Waals surface area contributed by atoms with Crippen LogP contribution in [0.4, 0.5) is 4.79 Å². The van der Waals surface area contributed by atoms with Gasteiger partial charge in [-0.2, -0.15) is 0 Å². The van der Waals surface area contributed by atoms with Crippen molar-refractivity contribution in [1.82, 2.24) is 15.1 Å². The fraction of sp³-hybridized carbons (Fsp3) is 0.500. The van der Waals surface area contributed by atoms with Gasteiger partial charge in [0.1, 0.15) is 6.04 Å². The average Bonchev–Trinajstić information content (AvgIpc) is 2.82. The molecule has 1 aliphatic heterocycles. The number of nitrogens with zero attached hydrogens (tertiary/aromatic N) is 2. The molecule has 0 spiro atoms. The van der Waals surface area contributed by atoms with E-state index in [2.05, 4.69) is 48.2 Å². The summed E-state index contributed by atoms with van der Waals surface area (Å²) in [4.78, 5) is 38.6. The minimum Gasteiger partial charge on any atom is -0.469 e. The van der Waals surface area contributed by atoms with E-state index in [4.69, 9.17) is 0 Å². The molecule has 1 unspecified atom stereocenters. The van der Waals surface area contributed by atoms with Crippen LogP contribution in [0.1, 0.15) is 37.3 Å². The van der Waals surface area contributed by atoms with Gasteiger partial charge in [0.05, 0.1) is 20.2 Å². The van der Waals surface area contributed by atoms with Crippen LogP contribution >= 0.6 is 0 Å². The van der Waals surface area contributed by atoms with Gasteiger partial charge in [0, 0.05) is 6.54 Å². The summed E-state index contributed by atoms with van der Waals surface area (Å²) in [7, 11) is 3.09. The van der Waals surface area contributed by atoms with E-state index in [0.29, 0.717) is 12.5 Å². The smallest absolute Gasteiger partial charge is 0.325 e. The molecule has 1 heterocycles. The van der Waals surface area contributed by atoms with Crippen molar-refractivity contribution >= 4 is 17.9 Å². The Hall–Kier alpha value is -2.41. The molecule has 136 valence electrons. The molecular formula is C18H25N3O4. The Bertz CT molecular complexity index is 642. The molecule has 0 bridgehead atoms. The van der Waals surface area contributed by atoms with E-state index in [1.54, 1.807) is 0 Å². The first-order valence-corrected chi connectivity index (χ1v) is 8.28. The molecule has 1 aromatic rings. The Morgan fingerprint density at radius 1 is 1.28 bits per heavy atom. The second kappa shape index (κ2) is 8.11. The van der Waals surface area contributed by atoms with Gasteiger partial charge < -0.3 is 10.1 Å². The number of ether oxygens (including phenoxy) is 1. The Kier molecular flexibility index (Phi) is 6.14. The predicted octanol–water partition coefficient (Wildman–Crippen LogP) is 1.68. The van der Waals surface area contributed by atoms with Crippen LogP contribution in [-0.2, 0) is 20.9 Å². The minimum atomic E-state index is -0.848. The molecule has 1 atom stereocenters. The number of carbonyl (C=O) groups excluding carboxylic acids is 3. The van der Waals surface area contributed by atoms with Gasteiger partial charge in [0.25, 0.3) is 5.91 Å². The van der Waals surface area contributed by atoms with Gasteiger partial charge in [-0.1, -0.05) is 38.1 Å². The number of methoxy groups -OCH3 is 1. The number of carbonyl (C=O) groups is 3. The first-order chi connectivity index (χ1) is 11.8. The molecule has 7 nitrogen and oxygen atoms in total. The average molecular weight is 347 g/mol. The van der Waals surface area contributed by atoms with Gasteiger partial charge >= 0.3 is 12.0 Å². The lowest BCUT2D eigenvalue weighted by molar-refractivity contribution is -0.143. The molecule has 3 amide bonds. The normalized spacial score (nSPS) is 17.4. The quantitative estimate of drug-likeness (QED) is 0.600. The van der Waals surface area contributed by atoms with Crippen molar-refractivity contribution in [3.8, 4) is 0 Å². The van der Waals surface area contributed by atoms with Crippen molar-refractivity contribution in [2.75, 3.05) is 20.8 Å². The molecule has 1 aliphatic rings. The minimum absolute atomic E-state index is 0.155. The Morgan fingerprint density at radius 2 is 1.92 bits per heavy atom. The summed E-state index contributed by atoms with van der Waals surface area (Å²) in [6, 6.07) is 6.96. The van der Waals surface area contributed by atoms with E-state index in [0.717, 1.165) is 10.5 Å². The van der Waals surface area contributed by atoms with Crippen LogP contribution < -0.4 is 5.32 Å². The topological polar surface area (TPSA) is 79.0 Å². The predicted molar refractivity (Wildman–Crippen MR) is 92.7 cm³/mol. The number of amides is 3. The van der Waals surface area contributed by atoms with Crippen molar-refractivity contribution < 1.29 is 19.1 Å². The van der Waals surface area contributed by atoms with Crippen LogP contribution in [0.3, 0.4) is 0 Å². The number of nitrogens with one attached hydrogen (secondary N) is 1. The molecule has 2 rings (SSSR count). The van der Waals surface area contributed by atoms with E-state index in [1.807, 2.05) is 11.9 Å². The van der Waals surface area contributed by atoms with Crippen molar-refractivity contribution in [1.29, 1.82) is 0 Å². The number of imide groups is 1. The van der Waals surface area contributed by atoms with Crippen LogP contribution in [-0.4, -0.2) is 54.6 Å². The maximum atomic E-state index is 12.3. The Labute approximate surface area is 147 Å². The molecule has 25 heavy (non-hydrogen) atoms. The zero-order chi connectivity index (χ0) is 18.6.